The normalized spacial score (nSPS) is 14.4. The van der Waals surface area contributed by atoms with E-state index in [0.29, 0.717) is 10.7 Å². The lowest BCUT2D eigenvalue weighted by atomic mass is 9.64. The summed E-state index contributed by atoms with van der Waals surface area (Å²) in [4.78, 5) is 35.9. The molecular weight excluding hydrogens is 392 g/mol. The van der Waals surface area contributed by atoms with Gasteiger partial charge in [0, 0.05) is 10.7 Å². The van der Waals surface area contributed by atoms with Gasteiger partial charge in [0.05, 0.1) is 18.9 Å². The summed E-state index contributed by atoms with van der Waals surface area (Å²) < 4.78 is 4.48. The Morgan fingerprint density at radius 1 is 1.03 bits per heavy atom. The van der Waals surface area contributed by atoms with Crippen LogP contribution in [-0.4, -0.2) is 31.4 Å². The number of methoxy groups -OCH3 is 1. The number of rotatable bonds is 7. The third-order valence-corrected chi connectivity index (χ3v) is 5.52. The number of carbonyl (C=O) groups is 3. The SMILES string of the molecule is COC(=O)CNC(=O)Cc1ccc(NC(=O)C2(c3ccc(Cl)cc3)CCC2)cc1. The molecule has 1 fully saturated rings. The van der Waals surface area contributed by atoms with Crippen LogP contribution in [0.25, 0.3) is 0 Å². The highest BCUT2D eigenvalue weighted by Gasteiger charge is 2.45. The molecule has 2 N–H and O–H groups in total. The Hall–Kier alpha value is -2.86. The van der Waals surface area contributed by atoms with Crippen molar-refractivity contribution in [3.8, 4) is 0 Å². The molecule has 29 heavy (non-hydrogen) atoms. The zero-order valence-electron chi connectivity index (χ0n) is 16.2. The van der Waals surface area contributed by atoms with Crippen molar-refractivity contribution in [2.24, 2.45) is 0 Å². The molecule has 2 aromatic rings. The summed E-state index contributed by atoms with van der Waals surface area (Å²) in [5, 5.41) is 6.13. The van der Waals surface area contributed by atoms with Crippen LogP contribution in [0.2, 0.25) is 5.02 Å². The topological polar surface area (TPSA) is 84.5 Å². The van der Waals surface area contributed by atoms with E-state index in [-0.39, 0.29) is 24.8 Å². The molecule has 0 aromatic heterocycles. The molecule has 0 atom stereocenters. The molecule has 2 amide bonds. The number of carbonyl (C=O) groups excluding carboxylic acids is 3. The molecule has 0 heterocycles. The van der Waals surface area contributed by atoms with E-state index in [9.17, 15) is 14.4 Å². The van der Waals surface area contributed by atoms with E-state index >= 15 is 0 Å². The lowest BCUT2D eigenvalue weighted by Crippen LogP contribution is -2.46. The fourth-order valence-electron chi connectivity index (χ4n) is 3.39. The summed E-state index contributed by atoms with van der Waals surface area (Å²) in [5.41, 5.74) is 1.91. The van der Waals surface area contributed by atoms with E-state index in [1.807, 2.05) is 24.3 Å². The van der Waals surface area contributed by atoms with Crippen molar-refractivity contribution in [2.45, 2.75) is 31.1 Å². The molecule has 0 saturated heterocycles. The highest BCUT2D eigenvalue weighted by atomic mass is 35.5. The Bertz CT molecular complexity index is 890. The van der Waals surface area contributed by atoms with Gasteiger partial charge in [0.1, 0.15) is 6.54 Å². The maximum atomic E-state index is 13.0. The highest BCUT2D eigenvalue weighted by molar-refractivity contribution is 6.30. The van der Waals surface area contributed by atoms with Gasteiger partial charge in [-0.25, -0.2) is 0 Å². The molecule has 6 nitrogen and oxygen atoms in total. The Labute approximate surface area is 174 Å². The maximum Gasteiger partial charge on any atom is 0.325 e. The van der Waals surface area contributed by atoms with Crippen molar-refractivity contribution >= 4 is 35.1 Å². The van der Waals surface area contributed by atoms with E-state index in [1.165, 1.54) is 7.11 Å². The monoisotopic (exact) mass is 414 g/mol. The van der Waals surface area contributed by atoms with Gasteiger partial charge in [-0.15, -0.1) is 0 Å². The van der Waals surface area contributed by atoms with Gasteiger partial charge in [-0.1, -0.05) is 42.3 Å². The molecule has 152 valence electrons. The number of hydrogen-bond acceptors (Lipinski definition) is 4. The maximum absolute atomic E-state index is 13.0. The smallest absolute Gasteiger partial charge is 0.325 e. The molecule has 0 unspecified atom stereocenters. The van der Waals surface area contributed by atoms with Crippen LogP contribution in [0.4, 0.5) is 5.69 Å². The van der Waals surface area contributed by atoms with Crippen molar-refractivity contribution < 1.29 is 19.1 Å². The summed E-state index contributed by atoms with van der Waals surface area (Å²) in [6, 6.07) is 14.6. The van der Waals surface area contributed by atoms with Crippen molar-refractivity contribution in [3.63, 3.8) is 0 Å². The lowest BCUT2D eigenvalue weighted by Gasteiger charge is -2.40. The molecule has 1 aliphatic rings. The molecule has 0 radical (unpaired) electrons. The number of halogens is 1. The van der Waals surface area contributed by atoms with Crippen molar-refractivity contribution in [1.82, 2.24) is 5.32 Å². The molecule has 1 saturated carbocycles. The van der Waals surface area contributed by atoms with Gasteiger partial charge in [0.2, 0.25) is 11.8 Å². The van der Waals surface area contributed by atoms with Crippen LogP contribution in [-0.2, 0) is 31.0 Å². The Kier molecular flexibility index (Phi) is 6.54. The second-order valence-electron chi connectivity index (χ2n) is 7.12. The van der Waals surface area contributed by atoms with Crippen LogP contribution in [0, 0.1) is 0 Å². The fourth-order valence-corrected chi connectivity index (χ4v) is 3.52. The Morgan fingerprint density at radius 2 is 1.69 bits per heavy atom. The molecule has 2 aromatic carbocycles. The second-order valence-corrected chi connectivity index (χ2v) is 7.56. The Morgan fingerprint density at radius 3 is 2.24 bits per heavy atom. The van der Waals surface area contributed by atoms with Crippen molar-refractivity contribution in [2.75, 3.05) is 19.0 Å². The standard InChI is InChI=1S/C22H23ClN2O4/c1-29-20(27)14-24-19(26)13-15-3-9-18(10-4-15)25-21(28)22(11-2-12-22)16-5-7-17(23)8-6-16/h3-10H,2,11-14H2,1H3,(H,24,26)(H,25,28). The number of hydrogen-bond donors (Lipinski definition) is 2. The van der Waals surface area contributed by atoms with Gasteiger partial charge in [-0.2, -0.15) is 0 Å². The first-order valence-corrected chi connectivity index (χ1v) is 9.81. The fraction of sp³-hybridized carbons (Fsp3) is 0.318. The predicted octanol–water partition coefficient (Wildman–Crippen LogP) is 3.23. The largest absolute Gasteiger partial charge is 0.468 e. The lowest BCUT2D eigenvalue weighted by molar-refractivity contribution is -0.141. The van der Waals surface area contributed by atoms with E-state index in [0.717, 1.165) is 30.4 Å². The van der Waals surface area contributed by atoms with Crippen LogP contribution in [0.1, 0.15) is 30.4 Å². The first kappa shape index (κ1) is 20.9. The van der Waals surface area contributed by atoms with Crippen LogP contribution in [0.5, 0.6) is 0 Å². The molecule has 0 aliphatic heterocycles. The Balaban J connectivity index is 1.60. The summed E-state index contributed by atoms with van der Waals surface area (Å²) in [7, 11) is 1.27. The number of nitrogens with one attached hydrogen (secondary N) is 2. The molecule has 7 heteroatoms. The third kappa shape index (κ3) is 4.95. The predicted molar refractivity (Wildman–Crippen MR) is 111 cm³/mol. The van der Waals surface area contributed by atoms with Gasteiger partial charge in [-0.3, -0.25) is 14.4 Å². The number of benzene rings is 2. The molecule has 0 bridgehead atoms. The van der Waals surface area contributed by atoms with E-state index in [4.69, 9.17) is 11.6 Å². The number of amides is 2. The van der Waals surface area contributed by atoms with Crippen LogP contribution in [0.15, 0.2) is 48.5 Å². The van der Waals surface area contributed by atoms with Crippen molar-refractivity contribution in [1.29, 1.82) is 0 Å². The highest BCUT2D eigenvalue weighted by Crippen LogP contribution is 2.44. The van der Waals surface area contributed by atoms with Crippen LogP contribution in [0.3, 0.4) is 0 Å². The van der Waals surface area contributed by atoms with Gasteiger partial charge in [-0.05, 0) is 48.2 Å². The summed E-state index contributed by atoms with van der Waals surface area (Å²) >= 11 is 5.97. The van der Waals surface area contributed by atoms with Gasteiger partial charge in [0.15, 0.2) is 0 Å². The van der Waals surface area contributed by atoms with Gasteiger partial charge in [0.25, 0.3) is 0 Å². The second kappa shape index (κ2) is 9.09. The zero-order chi connectivity index (χ0) is 20.9. The van der Waals surface area contributed by atoms with E-state index in [2.05, 4.69) is 15.4 Å². The molecule has 3 rings (SSSR count). The average Bonchev–Trinajstić information content (AvgIpc) is 2.68. The zero-order valence-corrected chi connectivity index (χ0v) is 16.9. The average molecular weight is 415 g/mol. The van der Waals surface area contributed by atoms with E-state index < -0.39 is 11.4 Å². The summed E-state index contributed by atoms with van der Waals surface area (Å²) in [5.74, 6) is -0.806. The minimum absolute atomic E-state index is 0.0327. The van der Waals surface area contributed by atoms with Gasteiger partial charge < -0.3 is 15.4 Å². The van der Waals surface area contributed by atoms with E-state index in [1.54, 1.807) is 24.3 Å². The number of ether oxygens (including phenoxy) is 1. The molecule has 0 spiro atoms. The number of anilines is 1. The van der Waals surface area contributed by atoms with Crippen LogP contribution < -0.4 is 10.6 Å². The first-order valence-electron chi connectivity index (χ1n) is 9.43. The minimum Gasteiger partial charge on any atom is -0.468 e. The molecular formula is C22H23ClN2O4. The van der Waals surface area contributed by atoms with Gasteiger partial charge >= 0.3 is 5.97 Å². The first-order chi connectivity index (χ1) is 13.9. The molecule has 1 aliphatic carbocycles. The summed E-state index contributed by atoms with van der Waals surface area (Å²) in [6.07, 6.45) is 2.76. The number of esters is 1. The van der Waals surface area contributed by atoms with Crippen molar-refractivity contribution in [3.05, 3.63) is 64.7 Å². The summed E-state index contributed by atoms with van der Waals surface area (Å²) in [6.45, 7) is -0.156. The van der Waals surface area contributed by atoms with Crippen LogP contribution >= 0.6 is 11.6 Å². The third-order valence-electron chi connectivity index (χ3n) is 5.27. The quantitative estimate of drug-likeness (QED) is 0.681. The minimum atomic E-state index is -0.517.